The van der Waals surface area contributed by atoms with E-state index in [2.05, 4.69) is 16.0 Å². The van der Waals surface area contributed by atoms with E-state index < -0.39 is 47.9 Å². The maximum atomic E-state index is 13.1. The number of rotatable bonds is 16. The molecule has 0 aliphatic rings. The van der Waals surface area contributed by atoms with Crippen molar-refractivity contribution in [2.45, 2.75) is 97.8 Å². The smallest absolute Gasteiger partial charge is 0.326 e. The lowest BCUT2D eigenvalue weighted by Gasteiger charge is -2.27. The molecule has 8 N–H and O–H groups in total. The van der Waals surface area contributed by atoms with Crippen molar-refractivity contribution in [1.29, 1.82) is 0 Å². The Bertz CT molecular complexity index is 639. The van der Waals surface area contributed by atoms with Crippen LogP contribution in [-0.4, -0.2) is 59.5 Å². The van der Waals surface area contributed by atoms with Gasteiger partial charge in [-0.05, 0) is 56.4 Å². The highest BCUT2D eigenvalue weighted by molar-refractivity contribution is 5.94. The van der Waals surface area contributed by atoms with Gasteiger partial charge in [0.05, 0.1) is 6.04 Å². The molecule has 10 heteroatoms. The Morgan fingerprint density at radius 2 is 1.18 bits per heavy atom. The highest BCUT2D eigenvalue weighted by Gasteiger charge is 2.31. The number of hydrogen-bond donors (Lipinski definition) is 6. The highest BCUT2D eigenvalue weighted by Crippen LogP contribution is 2.10. The number of amides is 3. The maximum Gasteiger partial charge on any atom is 0.326 e. The number of carbonyl (C=O) groups excluding carboxylic acids is 3. The average molecular weight is 472 g/mol. The van der Waals surface area contributed by atoms with Crippen molar-refractivity contribution in [1.82, 2.24) is 16.0 Å². The first kappa shape index (κ1) is 30.8. The Morgan fingerprint density at radius 1 is 0.727 bits per heavy atom. The van der Waals surface area contributed by atoms with Crippen LogP contribution in [-0.2, 0) is 19.2 Å². The summed E-state index contributed by atoms with van der Waals surface area (Å²) in [5.41, 5.74) is 11.5. The molecule has 0 radical (unpaired) electrons. The number of carboxylic acids is 1. The minimum Gasteiger partial charge on any atom is -0.480 e. The molecule has 0 rings (SSSR count). The number of aliphatic carboxylic acids is 1. The molecular weight excluding hydrogens is 426 g/mol. The number of hydrogen-bond acceptors (Lipinski definition) is 6. The van der Waals surface area contributed by atoms with Crippen LogP contribution >= 0.6 is 0 Å². The quantitative estimate of drug-likeness (QED) is 0.180. The summed E-state index contributed by atoms with van der Waals surface area (Å²) in [5.74, 6) is -2.57. The minimum absolute atomic E-state index is 0.0625. The molecule has 0 aromatic heterocycles. The van der Waals surface area contributed by atoms with Crippen molar-refractivity contribution in [2.24, 2.45) is 29.2 Å². The average Bonchev–Trinajstić information content (AvgIpc) is 2.70. The lowest BCUT2D eigenvalue weighted by Crippen LogP contribution is -2.57. The van der Waals surface area contributed by atoms with E-state index in [0.717, 1.165) is 0 Å². The first-order valence-electron chi connectivity index (χ1n) is 11.9. The molecular formula is C23H45N5O5. The van der Waals surface area contributed by atoms with E-state index in [1.165, 1.54) is 0 Å². The molecule has 4 atom stereocenters. The fourth-order valence-corrected chi connectivity index (χ4v) is 3.27. The first-order chi connectivity index (χ1) is 15.3. The molecule has 0 saturated carbocycles. The van der Waals surface area contributed by atoms with Gasteiger partial charge in [0.1, 0.15) is 18.1 Å². The van der Waals surface area contributed by atoms with Crippen molar-refractivity contribution >= 4 is 23.7 Å². The normalized spacial score (nSPS) is 15.1. The molecule has 0 fully saturated rings. The molecule has 3 amide bonds. The molecule has 33 heavy (non-hydrogen) atoms. The Hall–Kier alpha value is -2.20. The topological polar surface area (TPSA) is 177 Å². The lowest BCUT2D eigenvalue weighted by molar-refractivity contribution is -0.143. The Kier molecular flexibility index (Phi) is 14.6. The van der Waals surface area contributed by atoms with Gasteiger partial charge in [0.25, 0.3) is 0 Å². The van der Waals surface area contributed by atoms with Gasteiger partial charge in [0.15, 0.2) is 0 Å². The third kappa shape index (κ3) is 12.6. The standard InChI is InChI=1S/C23H45N5O5/c1-13(2)11-17(27-22(31)19(25)15(5)6)21(30)26-16(9-7-8-10-24)20(29)28-18(23(32)33)12-14(3)4/h13-19H,7-12,24-25H2,1-6H3,(H,26,30)(H,27,31)(H,28,29)(H,32,33). The summed E-state index contributed by atoms with van der Waals surface area (Å²) >= 11 is 0. The van der Waals surface area contributed by atoms with Crippen LogP contribution in [0.3, 0.4) is 0 Å². The molecule has 0 heterocycles. The minimum atomic E-state index is -1.13. The van der Waals surface area contributed by atoms with E-state index >= 15 is 0 Å². The van der Waals surface area contributed by atoms with Gasteiger partial charge in [-0.25, -0.2) is 4.79 Å². The van der Waals surface area contributed by atoms with Gasteiger partial charge >= 0.3 is 5.97 Å². The Morgan fingerprint density at radius 3 is 1.64 bits per heavy atom. The molecule has 192 valence electrons. The second-order valence-corrected chi connectivity index (χ2v) is 9.84. The zero-order chi connectivity index (χ0) is 25.7. The summed E-state index contributed by atoms with van der Waals surface area (Å²) < 4.78 is 0. The van der Waals surface area contributed by atoms with Crippen LogP contribution in [0.4, 0.5) is 0 Å². The second-order valence-electron chi connectivity index (χ2n) is 9.84. The van der Waals surface area contributed by atoms with Crippen molar-refractivity contribution in [3.8, 4) is 0 Å². The summed E-state index contributed by atoms with van der Waals surface area (Å²) in [6.45, 7) is 11.6. The van der Waals surface area contributed by atoms with Crippen molar-refractivity contribution in [3.63, 3.8) is 0 Å². The van der Waals surface area contributed by atoms with E-state index in [0.29, 0.717) is 32.2 Å². The Labute approximate surface area is 198 Å². The van der Waals surface area contributed by atoms with E-state index in [9.17, 15) is 24.3 Å². The fraction of sp³-hybridized carbons (Fsp3) is 0.826. The largest absolute Gasteiger partial charge is 0.480 e. The molecule has 0 aromatic carbocycles. The predicted octanol–water partition coefficient (Wildman–Crippen LogP) is 0.730. The van der Waals surface area contributed by atoms with E-state index in [-0.39, 0.29) is 24.2 Å². The highest BCUT2D eigenvalue weighted by atomic mass is 16.4. The molecule has 0 aromatic rings. The summed E-state index contributed by atoms with van der Waals surface area (Å²) in [4.78, 5) is 50.0. The van der Waals surface area contributed by atoms with Gasteiger partial charge in [-0.15, -0.1) is 0 Å². The zero-order valence-electron chi connectivity index (χ0n) is 21.0. The lowest BCUT2D eigenvalue weighted by atomic mass is 9.99. The molecule has 0 spiro atoms. The summed E-state index contributed by atoms with van der Waals surface area (Å²) in [5, 5.41) is 17.4. The van der Waals surface area contributed by atoms with Crippen molar-refractivity contribution in [2.75, 3.05) is 6.54 Å². The van der Waals surface area contributed by atoms with E-state index in [1.807, 2.05) is 41.5 Å². The van der Waals surface area contributed by atoms with E-state index in [4.69, 9.17) is 11.5 Å². The monoisotopic (exact) mass is 471 g/mol. The summed E-state index contributed by atoms with van der Waals surface area (Å²) in [6, 6.07) is -3.62. The van der Waals surface area contributed by atoms with Gasteiger partial charge in [0, 0.05) is 0 Å². The third-order valence-corrected chi connectivity index (χ3v) is 5.26. The molecule has 4 unspecified atom stereocenters. The number of nitrogens with one attached hydrogen (secondary N) is 3. The number of carboxylic acid groups (broad SMARTS) is 1. The summed E-state index contributed by atoms with van der Waals surface area (Å²) in [6.07, 6.45) is 2.17. The third-order valence-electron chi connectivity index (χ3n) is 5.26. The van der Waals surface area contributed by atoms with Crippen LogP contribution in [0.25, 0.3) is 0 Å². The first-order valence-corrected chi connectivity index (χ1v) is 11.9. The molecule has 0 bridgehead atoms. The van der Waals surface area contributed by atoms with Gasteiger partial charge in [0.2, 0.25) is 17.7 Å². The molecule has 0 aliphatic carbocycles. The van der Waals surface area contributed by atoms with Crippen molar-refractivity contribution in [3.05, 3.63) is 0 Å². The SMILES string of the molecule is CC(C)CC(NC(=O)C(CCCCN)NC(=O)C(CC(C)C)NC(=O)C(N)C(C)C)C(=O)O. The number of nitrogens with two attached hydrogens (primary N) is 2. The van der Waals surface area contributed by atoms with Crippen molar-refractivity contribution < 1.29 is 24.3 Å². The number of carbonyl (C=O) groups is 4. The maximum absolute atomic E-state index is 13.1. The van der Waals surface area contributed by atoms with Gasteiger partial charge in [-0.3, -0.25) is 14.4 Å². The second kappa shape index (κ2) is 15.6. The number of unbranched alkanes of at least 4 members (excludes halogenated alkanes) is 1. The van der Waals surface area contributed by atoms with Crippen LogP contribution in [0.2, 0.25) is 0 Å². The summed E-state index contributed by atoms with van der Waals surface area (Å²) in [7, 11) is 0. The van der Waals surface area contributed by atoms with Crippen LogP contribution in [0.15, 0.2) is 0 Å². The van der Waals surface area contributed by atoms with Gasteiger partial charge in [-0.1, -0.05) is 41.5 Å². The Balaban J connectivity index is 5.52. The predicted molar refractivity (Wildman–Crippen MR) is 128 cm³/mol. The molecule has 10 nitrogen and oxygen atoms in total. The fourth-order valence-electron chi connectivity index (χ4n) is 3.27. The molecule has 0 aliphatic heterocycles. The zero-order valence-corrected chi connectivity index (χ0v) is 21.0. The van der Waals surface area contributed by atoms with Crippen LogP contribution in [0.5, 0.6) is 0 Å². The van der Waals surface area contributed by atoms with Crippen LogP contribution < -0.4 is 27.4 Å². The molecule has 0 saturated heterocycles. The van der Waals surface area contributed by atoms with Crippen LogP contribution in [0.1, 0.15) is 73.6 Å². The van der Waals surface area contributed by atoms with Gasteiger partial charge < -0.3 is 32.5 Å². The van der Waals surface area contributed by atoms with Gasteiger partial charge in [-0.2, -0.15) is 0 Å². The van der Waals surface area contributed by atoms with E-state index in [1.54, 1.807) is 0 Å². The van der Waals surface area contributed by atoms with Crippen LogP contribution in [0, 0.1) is 17.8 Å².